The van der Waals surface area contributed by atoms with Crippen LogP contribution in [0.15, 0.2) is 42.9 Å². The smallest absolute Gasteiger partial charge is 0.0995 e. The predicted molar refractivity (Wildman–Crippen MR) is 51.5 cm³/mol. The molecule has 13 heavy (non-hydrogen) atoms. The molecule has 0 aliphatic carbocycles. The first-order valence-electron chi connectivity index (χ1n) is 4.18. The van der Waals surface area contributed by atoms with E-state index in [-0.39, 0.29) is 0 Å². The Morgan fingerprint density at radius 1 is 1.23 bits per heavy atom. The van der Waals surface area contributed by atoms with Crippen LogP contribution in [0.2, 0.25) is 0 Å². The second-order valence-corrected chi connectivity index (χ2v) is 2.81. The first-order chi connectivity index (χ1) is 6.40. The van der Waals surface area contributed by atoms with Crippen molar-refractivity contribution >= 4 is 0 Å². The highest BCUT2D eigenvalue weighted by Crippen LogP contribution is 2.06. The number of nitrogens with two attached hydrogens (primary N) is 1. The Labute approximate surface area is 76.8 Å². The number of para-hydroxylation sites is 1. The van der Waals surface area contributed by atoms with Crippen molar-refractivity contribution < 1.29 is 0 Å². The third kappa shape index (κ3) is 1.60. The molecule has 0 fully saturated rings. The van der Waals surface area contributed by atoms with Gasteiger partial charge in [0.25, 0.3) is 0 Å². The molecule has 1 aromatic carbocycles. The molecule has 0 aliphatic heterocycles. The minimum Gasteiger partial charge on any atom is -0.325 e. The van der Waals surface area contributed by atoms with E-state index in [1.165, 1.54) is 0 Å². The zero-order valence-electron chi connectivity index (χ0n) is 7.22. The summed E-state index contributed by atoms with van der Waals surface area (Å²) in [5.41, 5.74) is 7.48. The van der Waals surface area contributed by atoms with Gasteiger partial charge in [0.15, 0.2) is 0 Å². The van der Waals surface area contributed by atoms with E-state index in [0.29, 0.717) is 6.54 Å². The molecule has 0 saturated carbocycles. The van der Waals surface area contributed by atoms with E-state index < -0.39 is 0 Å². The quantitative estimate of drug-likeness (QED) is 0.744. The van der Waals surface area contributed by atoms with Crippen LogP contribution in [0.5, 0.6) is 0 Å². The minimum absolute atomic E-state index is 0.486. The molecule has 1 heterocycles. The van der Waals surface area contributed by atoms with Gasteiger partial charge in [-0.1, -0.05) is 18.2 Å². The first kappa shape index (κ1) is 8.01. The van der Waals surface area contributed by atoms with Gasteiger partial charge < -0.3 is 10.3 Å². The molecule has 0 saturated heterocycles. The second-order valence-electron chi connectivity index (χ2n) is 2.81. The van der Waals surface area contributed by atoms with Gasteiger partial charge in [0.1, 0.15) is 0 Å². The third-order valence-electron chi connectivity index (χ3n) is 1.90. The van der Waals surface area contributed by atoms with Crippen molar-refractivity contribution in [1.82, 2.24) is 9.55 Å². The van der Waals surface area contributed by atoms with Gasteiger partial charge in [-0.15, -0.1) is 0 Å². The Balaban J connectivity index is 2.36. The van der Waals surface area contributed by atoms with E-state index in [1.807, 2.05) is 41.1 Å². The van der Waals surface area contributed by atoms with Gasteiger partial charge in [-0.25, -0.2) is 4.98 Å². The van der Waals surface area contributed by atoms with Crippen LogP contribution in [0.4, 0.5) is 0 Å². The van der Waals surface area contributed by atoms with E-state index in [1.54, 1.807) is 6.33 Å². The summed E-state index contributed by atoms with van der Waals surface area (Å²) < 4.78 is 1.96. The fraction of sp³-hybridized carbons (Fsp3) is 0.100. The monoisotopic (exact) mass is 173 g/mol. The van der Waals surface area contributed by atoms with Crippen molar-refractivity contribution in [3.05, 3.63) is 48.5 Å². The van der Waals surface area contributed by atoms with Gasteiger partial charge in [-0.05, 0) is 12.1 Å². The lowest BCUT2D eigenvalue weighted by Crippen LogP contribution is -1.95. The molecule has 0 spiro atoms. The fourth-order valence-corrected chi connectivity index (χ4v) is 1.21. The summed E-state index contributed by atoms with van der Waals surface area (Å²) in [6.45, 7) is 0.486. The number of benzene rings is 1. The van der Waals surface area contributed by atoms with Crippen molar-refractivity contribution in [2.24, 2.45) is 5.73 Å². The Hall–Kier alpha value is -1.61. The van der Waals surface area contributed by atoms with Crippen LogP contribution in [0.1, 0.15) is 5.69 Å². The molecule has 66 valence electrons. The highest BCUT2D eigenvalue weighted by molar-refractivity contribution is 5.31. The van der Waals surface area contributed by atoms with Crippen LogP contribution in [0.25, 0.3) is 5.69 Å². The summed E-state index contributed by atoms with van der Waals surface area (Å²) in [5, 5.41) is 0. The van der Waals surface area contributed by atoms with Crippen LogP contribution < -0.4 is 5.73 Å². The van der Waals surface area contributed by atoms with Crippen molar-refractivity contribution in [1.29, 1.82) is 0 Å². The Morgan fingerprint density at radius 2 is 2.00 bits per heavy atom. The number of rotatable bonds is 2. The maximum absolute atomic E-state index is 5.47. The number of nitrogens with zero attached hydrogens (tertiary/aromatic N) is 2. The van der Waals surface area contributed by atoms with Crippen molar-refractivity contribution in [2.75, 3.05) is 0 Å². The zero-order valence-corrected chi connectivity index (χ0v) is 7.22. The second kappa shape index (κ2) is 3.41. The van der Waals surface area contributed by atoms with Crippen LogP contribution in [0.3, 0.4) is 0 Å². The Bertz CT molecular complexity index is 378. The van der Waals surface area contributed by atoms with Gasteiger partial charge in [0.05, 0.1) is 12.0 Å². The minimum atomic E-state index is 0.486. The lowest BCUT2D eigenvalue weighted by Gasteiger charge is -1.99. The van der Waals surface area contributed by atoms with E-state index in [9.17, 15) is 0 Å². The lowest BCUT2D eigenvalue weighted by molar-refractivity contribution is 1.01. The van der Waals surface area contributed by atoms with Gasteiger partial charge in [-0.2, -0.15) is 0 Å². The van der Waals surface area contributed by atoms with Crippen molar-refractivity contribution in [3.8, 4) is 5.69 Å². The Morgan fingerprint density at radius 3 is 2.62 bits per heavy atom. The van der Waals surface area contributed by atoms with E-state index in [4.69, 9.17) is 5.73 Å². The van der Waals surface area contributed by atoms with Gasteiger partial charge >= 0.3 is 0 Å². The normalized spacial score (nSPS) is 10.2. The van der Waals surface area contributed by atoms with Crippen LogP contribution in [-0.4, -0.2) is 9.55 Å². The molecule has 1 aromatic heterocycles. The molecular formula is C10H11N3. The van der Waals surface area contributed by atoms with Gasteiger partial charge in [0, 0.05) is 18.4 Å². The summed E-state index contributed by atoms with van der Waals surface area (Å²) in [7, 11) is 0. The summed E-state index contributed by atoms with van der Waals surface area (Å²) >= 11 is 0. The molecule has 0 bridgehead atoms. The largest absolute Gasteiger partial charge is 0.325 e. The molecule has 0 radical (unpaired) electrons. The zero-order chi connectivity index (χ0) is 9.10. The highest BCUT2D eigenvalue weighted by Gasteiger charge is 1.96. The van der Waals surface area contributed by atoms with Crippen LogP contribution in [0, 0.1) is 0 Å². The number of hydrogen-bond acceptors (Lipinski definition) is 2. The van der Waals surface area contributed by atoms with Gasteiger partial charge in [-0.3, -0.25) is 0 Å². The average molecular weight is 173 g/mol. The van der Waals surface area contributed by atoms with Crippen molar-refractivity contribution in [2.45, 2.75) is 6.54 Å². The standard InChI is InChI=1S/C10H11N3/c11-6-9-7-13(8-12-9)10-4-2-1-3-5-10/h1-5,7-8H,6,11H2. The topological polar surface area (TPSA) is 43.8 Å². The van der Waals surface area contributed by atoms with Crippen LogP contribution >= 0.6 is 0 Å². The molecule has 0 amide bonds. The van der Waals surface area contributed by atoms with E-state index >= 15 is 0 Å². The molecule has 2 aromatic rings. The first-order valence-corrected chi connectivity index (χ1v) is 4.18. The maximum atomic E-state index is 5.47. The van der Waals surface area contributed by atoms with Crippen LogP contribution in [-0.2, 0) is 6.54 Å². The molecule has 0 atom stereocenters. The maximum Gasteiger partial charge on any atom is 0.0995 e. The summed E-state index contributed by atoms with van der Waals surface area (Å²) in [4.78, 5) is 4.15. The SMILES string of the molecule is NCc1cn(-c2ccccc2)cn1. The Kier molecular flexibility index (Phi) is 2.10. The van der Waals surface area contributed by atoms with E-state index in [0.717, 1.165) is 11.4 Å². The highest BCUT2D eigenvalue weighted by atomic mass is 15.0. The molecule has 2 N–H and O–H groups in total. The molecule has 2 rings (SSSR count). The molecule has 3 heteroatoms. The van der Waals surface area contributed by atoms with Crippen molar-refractivity contribution in [3.63, 3.8) is 0 Å². The summed E-state index contributed by atoms with van der Waals surface area (Å²) in [6.07, 6.45) is 3.72. The molecule has 0 unspecified atom stereocenters. The summed E-state index contributed by atoms with van der Waals surface area (Å²) in [6, 6.07) is 10.0. The third-order valence-corrected chi connectivity index (χ3v) is 1.90. The lowest BCUT2D eigenvalue weighted by atomic mass is 10.3. The number of imidazole rings is 1. The molecular weight excluding hydrogens is 162 g/mol. The average Bonchev–Trinajstić information content (AvgIpc) is 2.67. The fourth-order valence-electron chi connectivity index (χ4n) is 1.21. The predicted octanol–water partition coefficient (Wildman–Crippen LogP) is 1.33. The number of hydrogen-bond donors (Lipinski definition) is 1. The molecule has 3 nitrogen and oxygen atoms in total. The summed E-state index contributed by atoms with van der Waals surface area (Å²) in [5.74, 6) is 0. The van der Waals surface area contributed by atoms with Gasteiger partial charge in [0.2, 0.25) is 0 Å². The molecule has 0 aliphatic rings. The van der Waals surface area contributed by atoms with E-state index in [2.05, 4.69) is 4.98 Å². The number of aromatic nitrogens is 2.